The van der Waals surface area contributed by atoms with E-state index in [2.05, 4.69) is 40.5 Å². The minimum atomic E-state index is -0.730. The highest BCUT2D eigenvalue weighted by Crippen LogP contribution is 2.18. The summed E-state index contributed by atoms with van der Waals surface area (Å²) >= 11 is 0. The summed E-state index contributed by atoms with van der Waals surface area (Å²) in [5.41, 5.74) is 2.50. The zero-order chi connectivity index (χ0) is 26.9. The Balaban J connectivity index is 3.03. The van der Waals surface area contributed by atoms with Gasteiger partial charge in [0.1, 0.15) is 19.8 Å². The number of rotatable bonds is 18. The molecule has 0 fully saturated rings. The van der Waals surface area contributed by atoms with Gasteiger partial charge in [0.05, 0.1) is 16.7 Å². The zero-order valence-electron chi connectivity index (χ0n) is 22.3. The van der Waals surface area contributed by atoms with Crippen molar-refractivity contribution < 1.29 is 28.6 Å². The molecule has 0 saturated heterocycles. The Hall–Kier alpha value is -3.15. The second-order valence-corrected chi connectivity index (χ2v) is 9.05. The molecule has 0 aliphatic rings. The quantitative estimate of drug-likeness (QED) is 0.119. The van der Waals surface area contributed by atoms with Crippen molar-refractivity contribution in [2.24, 2.45) is 0 Å². The highest BCUT2D eigenvalue weighted by atomic mass is 16.5. The molecule has 0 aliphatic carbocycles. The summed E-state index contributed by atoms with van der Waals surface area (Å²) in [5.74, 6) is -2.02. The van der Waals surface area contributed by atoms with E-state index in [9.17, 15) is 14.4 Å². The van der Waals surface area contributed by atoms with Crippen LogP contribution >= 0.6 is 0 Å². The van der Waals surface area contributed by atoms with E-state index in [0.29, 0.717) is 0 Å². The van der Waals surface area contributed by atoms with Crippen LogP contribution < -0.4 is 0 Å². The summed E-state index contributed by atoms with van der Waals surface area (Å²) in [4.78, 5) is 38.4. The van der Waals surface area contributed by atoms with E-state index in [0.717, 1.165) is 74.5 Å². The third-order valence-corrected chi connectivity index (χ3v) is 5.57. The van der Waals surface area contributed by atoms with Crippen LogP contribution in [0.2, 0.25) is 0 Å². The maximum absolute atomic E-state index is 12.9. The molecular weight excluding hydrogens is 456 g/mol. The van der Waals surface area contributed by atoms with Crippen molar-refractivity contribution in [3.05, 3.63) is 71.3 Å². The number of benzene rings is 1. The van der Waals surface area contributed by atoms with Gasteiger partial charge in [0.15, 0.2) is 0 Å². The van der Waals surface area contributed by atoms with Crippen LogP contribution in [0, 0.1) is 0 Å². The van der Waals surface area contributed by atoms with Crippen molar-refractivity contribution in [1.29, 1.82) is 0 Å². The van der Waals surface area contributed by atoms with E-state index in [1.54, 1.807) is 0 Å². The number of ether oxygens (including phenoxy) is 3. The predicted octanol–water partition coefficient (Wildman–Crippen LogP) is 7.40. The second-order valence-electron chi connectivity index (χ2n) is 9.05. The minimum Gasteiger partial charge on any atom is -0.458 e. The third-order valence-electron chi connectivity index (χ3n) is 5.57. The van der Waals surface area contributed by atoms with Gasteiger partial charge in [0, 0.05) is 0 Å². The number of hydrogen-bond acceptors (Lipinski definition) is 6. The van der Waals surface area contributed by atoms with Crippen LogP contribution in [0.25, 0.3) is 0 Å². The normalized spacial score (nSPS) is 10.4. The molecule has 0 unspecified atom stereocenters. The Kier molecular flexibility index (Phi) is 14.8. The first kappa shape index (κ1) is 30.9. The van der Waals surface area contributed by atoms with E-state index < -0.39 is 17.9 Å². The first-order valence-electron chi connectivity index (χ1n) is 12.9. The molecule has 0 saturated carbocycles. The fourth-order valence-electron chi connectivity index (χ4n) is 3.26. The first-order valence-corrected chi connectivity index (χ1v) is 12.9. The highest BCUT2D eigenvalue weighted by Gasteiger charge is 2.23. The summed E-state index contributed by atoms with van der Waals surface area (Å²) in [6.45, 7) is 18.2. The molecule has 36 heavy (non-hydrogen) atoms. The van der Waals surface area contributed by atoms with Gasteiger partial charge in [0.2, 0.25) is 0 Å². The molecule has 0 heterocycles. The molecule has 0 aromatic heterocycles. The second kappa shape index (κ2) is 17.3. The number of esters is 3. The molecule has 1 rings (SSSR count). The maximum atomic E-state index is 12.9. The van der Waals surface area contributed by atoms with Crippen LogP contribution in [0.1, 0.15) is 110 Å². The van der Waals surface area contributed by atoms with Gasteiger partial charge < -0.3 is 14.2 Å². The Morgan fingerprint density at radius 3 is 1.42 bits per heavy atom. The van der Waals surface area contributed by atoms with Crippen molar-refractivity contribution in [2.75, 3.05) is 19.8 Å². The van der Waals surface area contributed by atoms with Crippen LogP contribution in [0.5, 0.6) is 0 Å². The van der Waals surface area contributed by atoms with Crippen molar-refractivity contribution in [1.82, 2.24) is 0 Å². The molecule has 0 atom stereocenters. The molecule has 0 radical (unpaired) electrons. The number of unbranched alkanes of at least 4 members (excludes halogenated alkanes) is 3. The van der Waals surface area contributed by atoms with Gasteiger partial charge in [-0.3, -0.25) is 0 Å². The largest absolute Gasteiger partial charge is 0.458 e. The number of carbonyl (C=O) groups excluding carboxylic acids is 3. The molecule has 198 valence electrons. The monoisotopic (exact) mass is 498 g/mol. The van der Waals surface area contributed by atoms with Crippen LogP contribution in [0.4, 0.5) is 0 Å². The Bertz CT molecular complexity index is 927. The maximum Gasteiger partial charge on any atom is 0.339 e. The summed E-state index contributed by atoms with van der Waals surface area (Å²) in [7, 11) is 0. The summed E-state index contributed by atoms with van der Waals surface area (Å²) in [6.07, 6.45) is 8.18. The summed E-state index contributed by atoms with van der Waals surface area (Å²) in [6, 6.07) is 4.15. The topological polar surface area (TPSA) is 78.9 Å². The van der Waals surface area contributed by atoms with Crippen molar-refractivity contribution in [2.45, 2.75) is 78.6 Å². The van der Waals surface area contributed by atoms with Gasteiger partial charge in [-0.15, -0.1) is 0 Å². The smallest absolute Gasteiger partial charge is 0.339 e. The molecule has 0 N–H and O–H groups in total. The van der Waals surface area contributed by atoms with Crippen LogP contribution in [0.15, 0.2) is 54.7 Å². The molecule has 0 spiro atoms. The Morgan fingerprint density at radius 2 is 1.00 bits per heavy atom. The van der Waals surface area contributed by atoms with Gasteiger partial charge >= 0.3 is 17.9 Å². The van der Waals surface area contributed by atoms with Gasteiger partial charge in [-0.2, -0.15) is 0 Å². The van der Waals surface area contributed by atoms with Crippen molar-refractivity contribution >= 4 is 17.9 Å². The minimum absolute atomic E-state index is 0.0198. The first-order chi connectivity index (χ1) is 17.2. The van der Waals surface area contributed by atoms with Crippen molar-refractivity contribution in [3.63, 3.8) is 0 Å². The van der Waals surface area contributed by atoms with Gasteiger partial charge in [-0.1, -0.05) is 59.8 Å². The molecule has 6 heteroatoms. The zero-order valence-corrected chi connectivity index (χ0v) is 22.3. The van der Waals surface area contributed by atoms with E-state index >= 15 is 0 Å². The molecular formula is C30H42O6. The van der Waals surface area contributed by atoms with Gasteiger partial charge in [0.25, 0.3) is 0 Å². The fourth-order valence-corrected chi connectivity index (χ4v) is 3.26. The lowest BCUT2D eigenvalue weighted by Crippen LogP contribution is -2.17. The van der Waals surface area contributed by atoms with E-state index in [-0.39, 0.29) is 36.5 Å². The van der Waals surface area contributed by atoms with E-state index in [4.69, 9.17) is 14.2 Å². The Labute approximate surface area is 216 Å². The standard InChI is InChI=1S/C30H42O6/c1-7-10-13-22(4)19-34-28(31)25-16-17-26(29(32)35-20-23(5)14-11-8-2)27(18-25)30(33)36-21-24(6)15-12-9-3/h16-18H,4-15,19-21H2,1-3H3. The van der Waals surface area contributed by atoms with E-state index in [1.807, 2.05) is 0 Å². The lowest BCUT2D eigenvalue weighted by atomic mass is 10.0. The van der Waals surface area contributed by atoms with Crippen LogP contribution in [-0.2, 0) is 14.2 Å². The van der Waals surface area contributed by atoms with Crippen LogP contribution in [-0.4, -0.2) is 37.7 Å². The summed E-state index contributed by atoms with van der Waals surface area (Å²) < 4.78 is 16.1. The molecule has 1 aromatic carbocycles. The number of hydrogen-bond donors (Lipinski definition) is 0. The molecule has 0 bridgehead atoms. The average molecular weight is 499 g/mol. The average Bonchev–Trinajstić information content (AvgIpc) is 2.89. The molecule has 6 nitrogen and oxygen atoms in total. The predicted molar refractivity (Wildman–Crippen MR) is 143 cm³/mol. The molecule has 0 amide bonds. The lowest BCUT2D eigenvalue weighted by molar-refractivity contribution is 0.0488. The van der Waals surface area contributed by atoms with Crippen molar-refractivity contribution in [3.8, 4) is 0 Å². The van der Waals surface area contributed by atoms with Gasteiger partial charge in [-0.05, 0) is 73.4 Å². The molecule has 0 aliphatic heterocycles. The van der Waals surface area contributed by atoms with Crippen LogP contribution in [0.3, 0.4) is 0 Å². The van der Waals surface area contributed by atoms with E-state index in [1.165, 1.54) is 18.2 Å². The fraction of sp³-hybridized carbons (Fsp3) is 0.500. The number of carbonyl (C=O) groups is 3. The lowest BCUT2D eigenvalue weighted by Gasteiger charge is -2.13. The molecule has 1 aromatic rings. The SMILES string of the molecule is C=C(CCCC)COC(=O)c1ccc(C(=O)OCC(=C)CCCC)c(C(=O)OCC(=C)CCCC)c1. The van der Waals surface area contributed by atoms with Gasteiger partial charge in [-0.25, -0.2) is 14.4 Å². The highest BCUT2D eigenvalue weighted by molar-refractivity contribution is 6.05. The third kappa shape index (κ3) is 11.5. The summed E-state index contributed by atoms with van der Waals surface area (Å²) in [5, 5.41) is 0. The Morgan fingerprint density at radius 1 is 0.611 bits per heavy atom.